The third kappa shape index (κ3) is 5.84. The Morgan fingerprint density at radius 2 is 1.96 bits per heavy atom. The van der Waals surface area contributed by atoms with Crippen LogP contribution in [0.4, 0.5) is 0 Å². The Morgan fingerprint density at radius 3 is 2.56 bits per heavy atom. The standard InChI is InChI=1S/C16H21N4O6S/c17-12(21)7-11(14(23)16-19-15(20-26-16)10-3-4-10)18-13(22)5-6-27(24,25)8-9-1-2-9/h5,9-11H,1-4,6-8H2,(H2,17,21)(H,18,22). The third-order valence-corrected chi connectivity index (χ3v) is 6.00. The Kier molecular flexibility index (Phi) is 5.59. The summed E-state index contributed by atoms with van der Waals surface area (Å²) < 4.78 is 28.7. The van der Waals surface area contributed by atoms with Gasteiger partial charge >= 0.3 is 0 Å². The van der Waals surface area contributed by atoms with Gasteiger partial charge in [-0.15, -0.1) is 0 Å². The molecule has 0 aliphatic heterocycles. The van der Waals surface area contributed by atoms with Crippen molar-refractivity contribution in [1.82, 2.24) is 15.5 Å². The highest BCUT2D eigenvalue weighted by molar-refractivity contribution is 7.91. The first-order chi connectivity index (χ1) is 12.7. The van der Waals surface area contributed by atoms with Crippen LogP contribution in [-0.2, 0) is 19.4 Å². The van der Waals surface area contributed by atoms with Crippen LogP contribution in [0.1, 0.15) is 54.5 Å². The molecule has 147 valence electrons. The summed E-state index contributed by atoms with van der Waals surface area (Å²) in [5.74, 6) is -2.27. The number of sulfone groups is 1. The highest BCUT2D eigenvalue weighted by Crippen LogP contribution is 2.38. The second-order valence-electron chi connectivity index (χ2n) is 7.05. The molecule has 2 saturated carbocycles. The molecular formula is C16H21N4O6S. The van der Waals surface area contributed by atoms with Crippen molar-refractivity contribution in [2.45, 2.75) is 44.1 Å². The summed E-state index contributed by atoms with van der Waals surface area (Å²) in [7, 11) is -3.38. The number of primary amides is 1. The van der Waals surface area contributed by atoms with E-state index in [4.69, 9.17) is 10.3 Å². The van der Waals surface area contributed by atoms with E-state index in [0.717, 1.165) is 32.1 Å². The van der Waals surface area contributed by atoms with E-state index >= 15 is 0 Å². The van der Waals surface area contributed by atoms with E-state index in [1.54, 1.807) is 0 Å². The van der Waals surface area contributed by atoms with Gasteiger partial charge in [-0.3, -0.25) is 14.4 Å². The van der Waals surface area contributed by atoms with Gasteiger partial charge in [0.05, 0.1) is 24.3 Å². The first kappa shape index (κ1) is 19.5. The van der Waals surface area contributed by atoms with Gasteiger partial charge in [-0.05, 0) is 31.6 Å². The van der Waals surface area contributed by atoms with Crippen molar-refractivity contribution in [2.75, 3.05) is 11.5 Å². The Bertz CT molecular complexity index is 841. The lowest BCUT2D eigenvalue weighted by Gasteiger charge is -2.14. The number of ketones is 1. The fraction of sp³-hybridized carbons (Fsp3) is 0.625. The van der Waals surface area contributed by atoms with Crippen molar-refractivity contribution < 1.29 is 27.3 Å². The van der Waals surface area contributed by atoms with Crippen LogP contribution in [0.2, 0.25) is 0 Å². The molecule has 3 rings (SSSR count). The van der Waals surface area contributed by atoms with Crippen LogP contribution in [0.15, 0.2) is 4.52 Å². The summed E-state index contributed by atoms with van der Waals surface area (Å²) in [6.45, 7) is 0. The van der Waals surface area contributed by atoms with Crippen LogP contribution in [0.5, 0.6) is 0 Å². The number of nitrogens with one attached hydrogen (secondary N) is 1. The van der Waals surface area contributed by atoms with Gasteiger partial charge in [0.25, 0.3) is 5.89 Å². The lowest BCUT2D eigenvalue weighted by Crippen LogP contribution is -2.44. The summed E-state index contributed by atoms with van der Waals surface area (Å²) in [5.41, 5.74) is 5.14. The Labute approximate surface area is 156 Å². The summed E-state index contributed by atoms with van der Waals surface area (Å²) >= 11 is 0. The molecule has 10 nitrogen and oxygen atoms in total. The van der Waals surface area contributed by atoms with Crippen LogP contribution in [-0.4, -0.2) is 53.7 Å². The highest BCUT2D eigenvalue weighted by Gasteiger charge is 2.33. The Morgan fingerprint density at radius 1 is 1.26 bits per heavy atom. The van der Waals surface area contributed by atoms with Crippen molar-refractivity contribution >= 4 is 27.4 Å². The van der Waals surface area contributed by atoms with Gasteiger partial charge in [-0.1, -0.05) is 5.16 Å². The fourth-order valence-corrected chi connectivity index (χ4v) is 4.14. The molecule has 11 heteroatoms. The van der Waals surface area contributed by atoms with Crippen LogP contribution >= 0.6 is 0 Å². The first-order valence-electron chi connectivity index (χ1n) is 8.74. The van der Waals surface area contributed by atoms with Gasteiger partial charge < -0.3 is 15.6 Å². The largest absolute Gasteiger partial charge is 0.370 e. The van der Waals surface area contributed by atoms with Crippen molar-refractivity contribution in [3.05, 3.63) is 18.1 Å². The lowest BCUT2D eigenvalue weighted by molar-refractivity contribution is -0.119. The smallest absolute Gasteiger partial charge is 0.296 e. The number of hydrogen-bond donors (Lipinski definition) is 2. The van der Waals surface area contributed by atoms with E-state index in [1.165, 1.54) is 0 Å². The summed E-state index contributed by atoms with van der Waals surface area (Å²) in [5, 5.41) is 6.02. The molecule has 2 fully saturated rings. The zero-order valence-corrected chi connectivity index (χ0v) is 15.4. The van der Waals surface area contributed by atoms with E-state index in [-0.39, 0.29) is 23.5 Å². The molecule has 1 radical (unpaired) electrons. The second-order valence-corrected chi connectivity index (χ2v) is 9.21. The van der Waals surface area contributed by atoms with Crippen LogP contribution < -0.4 is 11.1 Å². The van der Waals surface area contributed by atoms with Crippen molar-refractivity contribution in [2.24, 2.45) is 11.7 Å². The molecule has 2 amide bonds. The number of carbonyl (C=O) groups is 3. The monoisotopic (exact) mass is 397 g/mol. The predicted octanol–water partition coefficient (Wildman–Crippen LogP) is -0.481. The minimum absolute atomic E-state index is 0.0480. The molecule has 1 aromatic heterocycles. The number of rotatable bonds is 11. The summed E-state index contributed by atoms with van der Waals surface area (Å²) in [6.07, 6.45) is 4.08. The third-order valence-electron chi connectivity index (χ3n) is 4.34. The summed E-state index contributed by atoms with van der Waals surface area (Å²) in [6, 6.07) is -1.30. The molecule has 1 heterocycles. The molecule has 1 atom stereocenters. The van der Waals surface area contributed by atoms with Crippen LogP contribution in [0, 0.1) is 12.3 Å². The highest BCUT2D eigenvalue weighted by atomic mass is 32.2. The molecule has 0 spiro atoms. The Balaban J connectivity index is 1.58. The van der Waals surface area contributed by atoms with Gasteiger partial charge in [-0.25, -0.2) is 8.42 Å². The minimum atomic E-state index is -3.38. The molecule has 27 heavy (non-hydrogen) atoms. The van der Waals surface area contributed by atoms with Crippen LogP contribution in [0.3, 0.4) is 0 Å². The average Bonchev–Trinajstić information content (AvgIpc) is 3.52. The van der Waals surface area contributed by atoms with E-state index < -0.39 is 45.7 Å². The van der Waals surface area contributed by atoms with E-state index in [0.29, 0.717) is 5.82 Å². The zero-order chi connectivity index (χ0) is 19.6. The maximum atomic E-state index is 12.5. The predicted molar refractivity (Wildman–Crippen MR) is 92.0 cm³/mol. The molecule has 1 unspecified atom stereocenters. The van der Waals surface area contributed by atoms with Gasteiger partial charge in [0, 0.05) is 5.92 Å². The van der Waals surface area contributed by atoms with Gasteiger partial charge in [0.15, 0.2) is 15.7 Å². The number of carbonyl (C=O) groups excluding carboxylic acids is 3. The maximum absolute atomic E-state index is 12.5. The van der Waals surface area contributed by atoms with E-state index in [1.807, 2.05) is 0 Å². The zero-order valence-electron chi connectivity index (χ0n) is 14.6. The number of nitrogens with zero attached hydrogens (tertiary/aromatic N) is 2. The van der Waals surface area contributed by atoms with E-state index in [9.17, 15) is 22.8 Å². The maximum Gasteiger partial charge on any atom is 0.296 e. The van der Waals surface area contributed by atoms with E-state index in [2.05, 4.69) is 15.5 Å². The Hall–Kier alpha value is -2.30. The topological polar surface area (TPSA) is 162 Å². The van der Waals surface area contributed by atoms with Gasteiger partial charge in [0.2, 0.25) is 17.6 Å². The molecule has 0 bridgehead atoms. The fourth-order valence-electron chi connectivity index (χ4n) is 2.55. The van der Waals surface area contributed by atoms with Crippen LogP contribution in [0.25, 0.3) is 0 Å². The number of amides is 2. The molecule has 0 saturated heterocycles. The molecule has 3 N–H and O–H groups in total. The molecular weight excluding hydrogens is 376 g/mol. The number of aromatic nitrogens is 2. The number of nitrogens with two attached hydrogens (primary N) is 1. The number of Topliss-reactive ketones (excluding diaryl/α,β-unsaturated/α-hetero) is 1. The second kappa shape index (κ2) is 7.75. The molecule has 2 aliphatic carbocycles. The van der Waals surface area contributed by atoms with Crippen molar-refractivity contribution in [3.63, 3.8) is 0 Å². The summed E-state index contributed by atoms with van der Waals surface area (Å²) in [4.78, 5) is 39.8. The quantitative estimate of drug-likeness (QED) is 0.473. The number of hydrogen-bond acceptors (Lipinski definition) is 8. The SMILES string of the molecule is NC(=O)CC(NC(=O)[CH]CS(=O)(=O)CC1CC1)C(=O)c1nc(C2CC2)no1. The minimum Gasteiger partial charge on any atom is -0.370 e. The molecule has 2 aliphatic rings. The van der Waals surface area contributed by atoms with Crippen molar-refractivity contribution in [1.29, 1.82) is 0 Å². The van der Waals surface area contributed by atoms with Crippen molar-refractivity contribution in [3.8, 4) is 0 Å². The normalized spacial score (nSPS) is 18.1. The molecule has 1 aromatic rings. The van der Waals surface area contributed by atoms with Gasteiger partial charge in [-0.2, -0.15) is 4.98 Å². The molecule has 0 aromatic carbocycles. The average molecular weight is 397 g/mol. The lowest BCUT2D eigenvalue weighted by atomic mass is 10.1. The first-order valence-corrected chi connectivity index (χ1v) is 10.6. The van der Waals surface area contributed by atoms with Gasteiger partial charge in [0.1, 0.15) is 6.04 Å².